The normalized spacial score (nSPS) is 10.5. The molecule has 2 rings (SSSR count). The summed E-state index contributed by atoms with van der Waals surface area (Å²) in [6.45, 7) is -0.170. The van der Waals surface area contributed by atoms with Gasteiger partial charge in [0, 0.05) is 19.7 Å². The van der Waals surface area contributed by atoms with Crippen LogP contribution in [0.1, 0.15) is 36.8 Å². The molecule has 0 saturated heterocycles. The lowest BCUT2D eigenvalue weighted by Crippen LogP contribution is -1.91. The zero-order valence-corrected chi connectivity index (χ0v) is 12.0. The van der Waals surface area contributed by atoms with Crippen molar-refractivity contribution in [2.75, 3.05) is 0 Å². The van der Waals surface area contributed by atoms with Crippen molar-refractivity contribution in [3.8, 4) is 0 Å². The lowest BCUT2D eigenvalue weighted by atomic mass is 10.3. The fourth-order valence-corrected chi connectivity index (χ4v) is 1.46. The lowest BCUT2D eigenvalue weighted by molar-refractivity contribution is 0.145. The minimum atomic E-state index is -2.54. The van der Waals surface area contributed by atoms with Crippen molar-refractivity contribution in [2.45, 2.75) is 25.3 Å². The first-order valence-corrected chi connectivity index (χ1v) is 6.64. The van der Waals surface area contributed by atoms with Gasteiger partial charge in [0.05, 0.1) is 6.61 Å². The highest BCUT2D eigenvalue weighted by Crippen LogP contribution is 2.16. The number of pyridine rings is 2. The van der Waals surface area contributed by atoms with Crippen LogP contribution >= 0.6 is 11.6 Å². The Morgan fingerprint density at radius 1 is 0.909 bits per heavy atom. The van der Waals surface area contributed by atoms with E-state index in [-0.39, 0.29) is 19.4 Å². The Labute approximate surface area is 131 Å². The summed E-state index contributed by atoms with van der Waals surface area (Å²) in [5.41, 5.74) is 0.812. The Morgan fingerprint density at radius 2 is 1.36 bits per heavy atom. The topological polar surface area (TPSA) is 46.0 Å². The van der Waals surface area contributed by atoms with E-state index in [2.05, 4.69) is 9.97 Å². The van der Waals surface area contributed by atoms with Crippen LogP contribution in [-0.2, 0) is 12.5 Å². The average Bonchev–Trinajstić information content (AvgIpc) is 2.55. The van der Waals surface area contributed by atoms with Crippen LogP contribution in [0.2, 0.25) is 0 Å². The second-order valence-corrected chi connectivity index (χ2v) is 4.34. The highest BCUT2D eigenvalue weighted by Gasteiger charge is 2.07. The molecule has 2 heterocycles. The van der Waals surface area contributed by atoms with Crippen LogP contribution in [0.3, 0.4) is 0 Å². The van der Waals surface area contributed by atoms with Gasteiger partial charge in [-0.3, -0.25) is 9.97 Å². The van der Waals surface area contributed by atoms with Crippen molar-refractivity contribution in [3.63, 3.8) is 0 Å². The van der Waals surface area contributed by atoms with Gasteiger partial charge in [-0.1, -0.05) is 12.1 Å². The summed E-state index contributed by atoms with van der Waals surface area (Å²) >= 11 is 5.43. The third-order valence-corrected chi connectivity index (χ3v) is 2.79. The SMILES string of the molecule is FC(F)c1ccc(CCl)cn1.OCc1ccc(C(F)F)nc1.[2HH]. The quantitative estimate of drug-likeness (QED) is 0.658. The summed E-state index contributed by atoms with van der Waals surface area (Å²) in [7, 11) is 0. The molecule has 0 spiro atoms. The van der Waals surface area contributed by atoms with E-state index in [9.17, 15) is 17.6 Å². The molecular formula is C14H15ClF4N2O. The number of hydrogen-bond donors (Lipinski definition) is 1. The fraction of sp³-hybridized carbons (Fsp3) is 0.286. The molecule has 0 aromatic carbocycles. The first kappa shape index (κ1) is 18.3. The molecule has 0 aliphatic carbocycles. The Hall–Kier alpha value is -1.73. The Morgan fingerprint density at radius 3 is 1.64 bits per heavy atom. The van der Waals surface area contributed by atoms with Gasteiger partial charge < -0.3 is 5.11 Å². The Balaban J connectivity index is 0.000000403. The van der Waals surface area contributed by atoms with Gasteiger partial charge in [0.1, 0.15) is 11.4 Å². The van der Waals surface area contributed by atoms with Crippen LogP contribution in [0.4, 0.5) is 17.6 Å². The van der Waals surface area contributed by atoms with E-state index in [0.29, 0.717) is 11.4 Å². The smallest absolute Gasteiger partial charge is 0.280 e. The maximum Gasteiger partial charge on any atom is 0.280 e. The van der Waals surface area contributed by atoms with Crippen LogP contribution in [0.5, 0.6) is 0 Å². The van der Waals surface area contributed by atoms with E-state index in [1.54, 1.807) is 6.07 Å². The molecule has 0 atom stereocenters. The predicted octanol–water partition coefficient (Wildman–Crippen LogP) is 4.52. The van der Waals surface area contributed by atoms with E-state index in [4.69, 9.17) is 16.7 Å². The molecule has 0 saturated carbocycles. The molecule has 8 heteroatoms. The van der Waals surface area contributed by atoms with Crippen LogP contribution < -0.4 is 0 Å². The standard InChI is InChI=1S/C7H6ClF2N.C7H7F2NO.H2/c8-3-5-1-2-6(7(9)10)11-4-5;8-7(9)6-2-1-5(4-11)3-10-6;/h1-2,4,7H,3H2;1-3,7,11H,4H2;1H/i;;1+1. The largest absolute Gasteiger partial charge is 0.392 e. The zero-order valence-electron chi connectivity index (χ0n) is 11.3. The molecule has 0 fully saturated rings. The molecule has 0 unspecified atom stereocenters. The van der Waals surface area contributed by atoms with E-state index in [1.165, 1.54) is 30.6 Å². The van der Waals surface area contributed by atoms with Crippen LogP contribution in [0.15, 0.2) is 36.7 Å². The van der Waals surface area contributed by atoms with Gasteiger partial charge in [0.25, 0.3) is 12.9 Å². The summed E-state index contributed by atoms with van der Waals surface area (Å²) in [4.78, 5) is 6.95. The molecule has 122 valence electrons. The first-order valence-electron chi connectivity index (χ1n) is 6.10. The van der Waals surface area contributed by atoms with Gasteiger partial charge in [0.2, 0.25) is 0 Å². The number of alkyl halides is 5. The molecule has 0 aliphatic heterocycles. The van der Waals surface area contributed by atoms with Crippen molar-refractivity contribution >= 4 is 11.6 Å². The zero-order chi connectivity index (χ0) is 16.5. The maximum absolute atomic E-state index is 11.9. The highest BCUT2D eigenvalue weighted by atomic mass is 35.5. The van der Waals surface area contributed by atoms with Crippen molar-refractivity contribution in [1.29, 1.82) is 0 Å². The van der Waals surface area contributed by atoms with Gasteiger partial charge in [0.15, 0.2) is 0 Å². The molecule has 3 nitrogen and oxygen atoms in total. The Kier molecular flexibility index (Phi) is 7.76. The van der Waals surface area contributed by atoms with Crippen molar-refractivity contribution < 1.29 is 24.1 Å². The van der Waals surface area contributed by atoms with Gasteiger partial charge in [-0.05, 0) is 23.3 Å². The van der Waals surface area contributed by atoms with E-state index >= 15 is 0 Å². The third kappa shape index (κ3) is 5.95. The fourth-order valence-electron chi connectivity index (χ4n) is 1.30. The lowest BCUT2D eigenvalue weighted by Gasteiger charge is -1.98. The highest BCUT2D eigenvalue weighted by molar-refractivity contribution is 6.17. The van der Waals surface area contributed by atoms with Crippen molar-refractivity contribution in [1.82, 2.24) is 9.97 Å². The molecule has 22 heavy (non-hydrogen) atoms. The summed E-state index contributed by atoms with van der Waals surface area (Å²) in [6, 6.07) is 5.45. The minimum absolute atomic E-state index is 0. The van der Waals surface area contributed by atoms with Crippen molar-refractivity contribution in [2.24, 2.45) is 0 Å². The summed E-state index contributed by atoms with van der Waals surface area (Å²) in [6.07, 6.45) is -2.45. The second-order valence-electron chi connectivity index (χ2n) is 4.08. The molecule has 0 aliphatic rings. The van der Waals surface area contributed by atoms with Crippen LogP contribution in [-0.4, -0.2) is 15.1 Å². The van der Waals surface area contributed by atoms with Gasteiger partial charge in [-0.2, -0.15) is 0 Å². The average molecular weight is 340 g/mol. The molecule has 2 aromatic heterocycles. The minimum Gasteiger partial charge on any atom is -0.392 e. The molecule has 0 bridgehead atoms. The van der Waals surface area contributed by atoms with Gasteiger partial charge in [-0.25, -0.2) is 17.6 Å². The number of hydrogen-bond acceptors (Lipinski definition) is 3. The molecule has 2 aromatic rings. The summed E-state index contributed by atoms with van der Waals surface area (Å²) in [5, 5.41) is 8.54. The summed E-state index contributed by atoms with van der Waals surface area (Å²) in [5.74, 6) is 0.302. The van der Waals surface area contributed by atoms with Crippen LogP contribution in [0.25, 0.3) is 0 Å². The monoisotopic (exact) mass is 339 g/mol. The van der Waals surface area contributed by atoms with Crippen molar-refractivity contribution in [3.05, 3.63) is 59.2 Å². The number of aromatic nitrogens is 2. The van der Waals surface area contributed by atoms with E-state index in [1.807, 2.05) is 0 Å². The number of aliphatic hydroxyl groups is 1. The number of rotatable bonds is 4. The molecule has 1 N–H and O–H groups in total. The Bertz CT molecular complexity index is 504. The van der Waals surface area contributed by atoms with E-state index < -0.39 is 12.9 Å². The number of aliphatic hydroxyl groups excluding tert-OH is 1. The van der Waals surface area contributed by atoms with Crippen LogP contribution in [0, 0.1) is 0 Å². The van der Waals surface area contributed by atoms with E-state index in [0.717, 1.165) is 5.56 Å². The number of nitrogens with zero attached hydrogens (tertiary/aromatic N) is 2. The maximum atomic E-state index is 11.9. The molecular weight excluding hydrogens is 324 g/mol. The second kappa shape index (κ2) is 9.32. The summed E-state index contributed by atoms with van der Waals surface area (Å²) < 4.78 is 47.6. The molecule has 0 radical (unpaired) electrons. The van der Waals surface area contributed by atoms with Gasteiger partial charge >= 0.3 is 0 Å². The van der Waals surface area contributed by atoms with Gasteiger partial charge in [-0.15, -0.1) is 11.6 Å². The molecule has 0 amide bonds. The predicted molar refractivity (Wildman–Crippen MR) is 76.0 cm³/mol. The number of halogens is 5. The third-order valence-electron chi connectivity index (χ3n) is 2.48. The first-order chi connectivity index (χ1) is 10.5.